The maximum atomic E-state index is 10.4. The smallest absolute Gasteiger partial charge is 0.0869 e. The van der Waals surface area contributed by atoms with E-state index >= 15 is 0 Å². The molecule has 112 valence electrons. The van der Waals surface area contributed by atoms with Crippen molar-refractivity contribution in [3.05, 3.63) is 0 Å². The molecule has 19 heavy (non-hydrogen) atoms. The van der Waals surface area contributed by atoms with Gasteiger partial charge in [-0.15, -0.1) is 0 Å². The third-order valence-corrected chi connectivity index (χ3v) is 4.13. The van der Waals surface area contributed by atoms with Crippen LogP contribution in [0.1, 0.15) is 33.6 Å². The number of nitrogens with zero attached hydrogens (tertiary/aromatic N) is 2. The summed E-state index contributed by atoms with van der Waals surface area (Å²) in [5.41, 5.74) is -0.622. The molecule has 1 aliphatic carbocycles. The number of β-amino-alcohol motifs (C(OH)–C–C–N with tert-alkyl or cyclic N) is 1. The van der Waals surface area contributed by atoms with Crippen LogP contribution in [0.15, 0.2) is 0 Å². The molecule has 2 aliphatic rings. The van der Waals surface area contributed by atoms with E-state index in [1.165, 1.54) is 32.5 Å². The molecular weight excluding hydrogens is 238 g/mol. The van der Waals surface area contributed by atoms with Crippen LogP contribution in [0.25, 0.3) is 0 Å². The second-order valence-corrected chi connectivity index (χ2v) is 7.05. The molecule has 0 spiro atoms. The highest BCUT2D eigenvalue weighted by molar-refractivity contribution is 4.85. The maximum Gasteiger partial charge on any atom is 0.0869 e. The van der Waals surface area contributed by atoms with Crippen LogP contribution >= 0.6 is 0 Å². The average molecular weight is 269 g/mol. The Morgan fingerprint density at radius 2 is 1.74 bits per heavy atom. The highest BCUT2D eigenvalue weighted by atomic mass is 16.3. The molecule has 1 saturated heterocycles. The summed E-state index contributed by atoms with van der Waals surface area (Å²) in [5.74, 6) is 0.991. The van der Waals surface area contributed by atoms with E-state index in [9.17, 15) is 5.11 Å². The van der Waals surface area contributed by atoms with Crippen molar-refractivity contribution in [1.29, 1.82) is 0 Å². The predicted molar refractivity (Wildman–Crippen MR) is 79.4 cm³/mol. The zero-order valence-electron chi connectivity index (χ0n) is 12.9. The van der Waals surface area contributed by atoms with Crippen molar-refractivity contribution in [3.63, 3.8) is 0 Å². The molecule has 0 aromatic carbocycles. The topological polar surface area (TPSA) is 38.7 Å². The summed E-state index contributed by atoms with van der Waals surface area (Å²) in [7, 11) is 0. The van der Waals surface area contributed by atoms with Gasteiger partial charge in [0.05, 0.1) is 5.60 Å². The van der Waals surface area contributed by atoms with E-state index in [0.29, 0.717) is 12.6 Å². The van der Waals surface area contributed by atoms with Crippen molar-refractivity contribution in [2.75, 3.05) is 45.8 Å². The van der Waals surface area contributed by atoms with Crippen LogP contribution in [-0.2, 0) is 0 Å². The van der Waals surface area contributed by atoms with Gasteiger partial charge in [-0.3, -0.25) is 4.90 Å². The van der Waals surface area contributed by atoms with Gasteiger partial charge in [0.1, 0.15) is 0 Å². The molecular formula is C15H31N3O. The molecule has 1 atom stereocenters. The van der Waals surface area contributed by atoms with Gasteiger partial charge in [0.25, 0.3) is 0 Å². The molecule has 2 fully saturated rings. The third kappa shape index (κ3) is 5.78. The van der Waals surface area contributed by atoms with Gasteiger partial charge in [-0.25, -0.2) is 0 Å². The zero-order chi connectivity index (χ0) is 13.9. The third-order valence-electron chi connectivity index (χ3n) is 4.13. The molecule has 4 nitrogen and oxygen atoms in total. The lowest BCUT2D eigenvalue weighted by atomic mass is 10.1. The monoisotopic (exact) mass is 269 g/mol. The Balaban J connectivity index is 1.65. The minimum Gasteiger partial charge on any atom is -0.388 e. The number of aliphatic hydroxyl groups is 1. The first-order valence-electron chi connectivity index (χ1n) is 7.85. The van der Waals surface area contributed by atoms with E-state index in [1.807, 2.05) is 6.92 Å². The summed E-state index contributed by atoms with van der Waals surface area (Å²) in [5, 5.41) is 13.8. The minimum absolute atomic E-state index is 0.432. The molecule has 0 bridgehead atoms. The first kappa shape index (κ1) is 15.2. The van der Waals surface area contributed by atoms with Crippen LogP contribution in [0.5, 0.6) is 0 Å². The van der Waals surface area contributed by atoms with Crippen molar-refractivity contribution >= 4 is 0 Å². The van der Waals surface area contributed by atoms with E-state index in [0.717, 1.165) is 25.6 Å². The summed E-state index contributed by atoms with van der Waals surface area (Å²) in [6, 6.07) is 0.432. The van der Waals surface area contributed by atoms with Gasteiger partial charge in [-0.05, 0) is 25.7 Å². The molecule has 0 aromatic rings. The van der Waals surface area contributed by atoms with E-state index in [2.05, 4.69) is 29.0 Å². The molecule has 2 rings (SSSR count). The number of rotatable bonds is 7. The van der Waals surface area contributed by atoms with Gasteiger partial charge in [-0.2, -0.15) is 0 Å². The predicted octanol–water partition coefficient (Wildman–Crippen LogP) is 0.763. The molecule has 0 amide bonds. The van der Waals surface area contributed by atoms with Crippen molar-refractivity contribution < 1.29 is 5.11 Å². The fraction of sp³-hybridized carbons (Fsp3) is 1.00. The highest BCUT2D eigenvalue weighted by Crippen LogP contribution is 2.29. The van der Waals surface area contributed by atoms with Crippen LogP contribution in [-0.4, -0.2) is 72.4 Å². The van der Waals surface area contributed by atoms with Crippen LogP contribution in [0.4, 0.5) is 0 Å². The Morgan fingerprint density at radius 3 is 2.26 bits per heavy atom. The van der Waals surface area contributed by atoms with Gasteiger partial charge in [0, 0.05) is 51.9 Å². The molecule has 1 aliphatic heterocycles. The summed E-state index contributed by atoms with van der Waals surface area (Å²) >= 11 is 0. The van der Waals surface area contributed by atoms with Gasteiger partial charge in [0.15, 0.2) is 0 Å². The molecule has 0 aromatic heterocycles. The number of hydrogen-bond acceptors (Lipinski definition) is 4. The molecule has 0 radical (unpaired) electrons. The van der Waals surface area contributed by atoms with Gasteiger partial charge >= 0.3 is 0 Å². The van der Waals surface area contributed by atoms with Crippen LogP contribution < -0.4 is 5.32 Å². The standard InChI is InChI=1S/C15H31N3O/c1-13(2)16-11-15(3,19)12-18-8-6-17(7-9-18)10-14-4-5-14/h13-14,16,19H,4-12H2,1-3H3. The van der Waals surface area contributed by atoms with Crippen LogP contribution in [0, 0.1) is 5.92 Å². The van der Waals surface area contributed by atoms with Gasteiger partial charge < -0.3 is 15.3 Å². The second kappa shape index (κ2) is 6.53. The first-order valence-corrected chi connectivity index (χ1v) is 7.85. The number of hydrogen-bond donors (Lipinski definition) is 2. The fourth-order valence-electron chi connectivity index (χ4n) is 2.76. The molecule has 2 N–H and O–H groups in total. The Morgan fingerprint density at radius 1 is 1.16 bits per heavy atom. The average Bonchev–Trinajstić information content (AvgIpc) is 3.13. The van der Waals surface area contributed by atoms with Gasteiger partial charge in [0.2, 0.25) is 0 Å². The largest absolute Gasteiger partial charge is 0.388 e. The Kier molecular flexibility index (Phi) is 5.23. The Labute approximate surface area is 118 Å². The Hall–Kier alpha value is -0.160. The first-order chi connectivity index (χ1) is 8.94. The van der Waals surface area contributed by atoms with Crippen molar-refractivity contribution in [3.8, 4) is 0 Å². The lowest BCUT2D eigenvalue weighted by molar-refractivity contribution is 0.00315. The maximum absolute atomic E-state index is 10.4. The van der Waals surface area contributed by atoms with Crippen LogP contribution in [0.2, 0.25) is 0 Å². The van der Waals surface area contributed by atoms with E-state index in [1.54, 1.807) is 0 Å². The van der Waals surface area contributed by atoms with E-state index in [4.69, 9.17) is 0 Å². The lowest BCUT2D eigenvalue weighted by Crippen LogP contribution is -2.54. The SMILES string of the molecule is CC(C)NCC(C)(O)CN1CCN(CC2CC2)CC1. The number of nitrogens with one attached hydrogen (secondary N) is 1. The van der Waals surface area contributed by atoms with E-state index < -0.39 is 5.60 Å². The summed E-state index contributed by atoms with van der Waals surface area (Å²) < 4.78 is 0. The molecule has 1 heterocycles. The normalized spacial score (nSPS) is 25.7. The summed E-state index contributed by atoms with van der Waals surface area (Å²) in [6.45, 7) is 13.5. The summed E-state index contributed by atoms with van der Waals surface area (Å²) in [4.78, 5) is 5.00. The van der Waals surface area contributed by atoms with Crippen molar-refractivity contribution in [1.82, 2.24) is 15.1 Å². The Bertz CT molecular complexity index is 269. The van der Waals surface area contributed by atoms with Crippen LogP contribution in [0.3, 0.4) is 0 Å². The van der Waals surface area contributed by atoms with E-state index in [-0.39, 0.29) is 0 Å². The fourth-order valence-corrected chi connectivity index (χ4v) is 2.76. The zero-order valence-corrected chi connectivity index (χ0v) is 12.9. The van der Waals surface area contributed by atoms with Crippen molar-refractivity contribution in [2.24, 2.45) is 5.92 Å². The lowest BCUT2D eigenvalue weighted by Gasteiger charge is -2.38. The molecule has 1 saturated carbocycles. The minimum atomic E-state index is -0.622. The second-order valence-electron chi connectivity index (χ2n) is 7.05. The quantitative estimate of drug-likeness (QED) is 0.716. The molecule has 1 unspecified atom stereocenters. The molecule has 4 heteroatoms. The number of piperazine rings is 1. The highest BCUT2D eigenvalue weighted by Gasteiger charge is 2.29. The van der Waals surface area contributed by atoms with Gasteiger partial charge in [-0.1, -0.05) is 13.8 Å². The summed E-state index contributed by atoms with van der Waals surface area (Å²) in [6.07, 6.45) is 2.88. The van der Waals surface area contributed by atoms with Crippen molar-refractivity contribution in [2.45, 2.75) is 45.3 Å².